The second-order valence-corrected chi connectivity index (χ2v) is 9.13. The number of hydrogen-bond donors (Lipinski definition) is 1. The minimum absolute atomic E-state index is 0.0284. The van der Waals surface area contributed by atoms with Crippen molar-refractivity contribution in [1.82, 2.24) is 5.32 Å². The molecule has 1 saturated carbocycles. The molecule has 0 radical (unpaired) electrons. The summed E-state index contributed by atoms with van der Waals surface area (Å²) < 4.78 is 16.9. The first-order valence-corrected chi connectivity index (χ1v) is 12.3. The van der Waals surface area contributed by atoms with Crippen LogP contribution in [0.25, 0.3) is 21.5 Å². The lowest BCUT2D eigenvalue weighted by Gasteiger charge is -2.28. The Balaban J connectivity index is 1.01. The van der Waals surface area contributed by atoms with Crippen molar-refractivity contribution in [2.45, 2.75) is 37.8 Å². The van der Waals surface area contributed by atoms with Gasteiger partial charge in [0, 0.05) is 6.04 Å². The number of benzene rings is 4. The molecule has 4 aromatic rings. The maximum Gasteiger partial charge on any atom is 0.344 e. The Morgan fingerprint density at radius 2 is 1.19 bits per heavy atom. The van der Waals surface area contributed by atoms with Gasteiger partial charge in [0.1, 0.15) is 17.6 Å². The Morgan fingerprint density at radius 1 is 0.667 bits per heavy atom. The fourth-order valence-corrected chi connectivity index (χ4v) is 4.62. The van der Waals surface area contributed by atoms with E-state index in [1.807, 2.05) is 84.9 Å². The number of rotatable bonds is 8. The molecule has 1 N–H and O–H groups in total. The minimum atomic E-state index is -0.376. The third-order valence-corrected chi connectivity index (χ3v) is 6.51. The molecule has 6 heteroatoms. The molecule has 0 aliphatic heterocycles. The van der Waals surface area contributed by atoms with Crippen LogP contribution in [0, 0.1) is 0 Å². The van der Waals surface area contributed by atoms with E-state index in [1.54, 1.807) is 0 Å². The molecule has 1 aliphatic rings. The van der Waals surface area contributed by atoms with Crippen LogP contribution in [0.4, 0.5) is 0 Å². The van der Waals surface area contributed by atoms with Crippen molar-refractivity contribution in [2.75, 3.05) is 13.2 Å². The zero-order valence-corrected chi connectivity index (χ0v) is 20.0. The summed E-state index contributed by atoms with van der Waals surface area (Å²) >= 11 is 0. The van der Waals surface area contributed by atoms with Crippen molar-refractivity contribution in [3.05, 3.63) is 84.9 Å². The van der Waals surface area contributed by atoms with Gasteiger partial charge in [0.05, 0.1) is 0 Å². The largest absolute Gasteiger partial charge is 0.484 e. The molecule has 1 fully saturated rings. The van der Waals surface area contributed by atoms with Gasteiger partial charge in [-0.1, -0.05) is 60.7 Å². The highest BCUT2D eigenvalue weighted by Gasteiger charge is 2.25. The second kappa shape index (κ2) is 11.1. The first-order valence-electron chi connectivity index (χ1n) is 12.3. The molecule has 0 spiro atoms. The Bertz CT molecular complexity index is 1250. The smallest absolute Gasteiger partial charge is 0.344 e. The van der Waals surface area contributed by atoms with Crippen LogP contribution < -0.4 is 14.8 Å². The molecule has 1 amide bonds. The standard InChI is InChI=1S/C30H29NO5/c32-29(19-34-27-13-9-21-5-1-3-7-23(21)17-27)31-25-11-15-26(16-12-25)36-30(33)20-35-28-14-10-22-6-2-4-8-24(22)18-28/h1-10,13-14,17-18,25-26H,11-12,15-16,19-20H2,(H,31,32). The molecule has 1 aliphatic carbocycles. The molecular weight excluding hydrogens is 454 g/mol. The van der Waals surface area contributed by atoms with Gasteiger partial charge in [-0.2, -0.15) is 0 Å². The Labute approximate surface area is 210 Å². The lowest BCUT2D eigenvalue weighted by molar-refractivity contribution is -0.153. The number of ether oxygens (including phenoxy) is 3. The van der Waals surface area contributed by atoms with Crippen LogP contribution in [0.15, 0.2) is 84.9 Å². The molecule has 0 bridgehead atoms. The van der Waals surface area contributed by atoms with Crippen LogP contribution in [0.3, 0.4) is 0 Å². The Kier molecular flexibility index (Phi) is 7.31. The lowest BCUT2D eigenvalue weighted by Crippen LogP contribution is -2.41. The van der Waals surface area contributed by atoms with Crippen LogP contribution in [0.1, 0.15) is 25.7 Å². The van der Waals surface area contributed by atoms with E-state index in [4.69, 9.17) is 14.2 Å². The van der Waals surface area contributed by atoms with Gasteiger partial charge in [-0.05, 0) is 71.5 Å². The zero-order chi connectivity index (χ0) is 24.7. The van der Waals surface area contributed by atoms with Crippen LogP contribution in [-0.4, -0.2) is 37.2 Å². The van der Waals surface area contributed by atoms with Crippen LogP contribution in [0.5, 0.6) is 11.5 Å². The summed E-state index contributed by atoms with van der Waals surface area (Å²) in [6, 6.07) is 27.6. The highest BCUT2D eigenvalue weighted by atomic mass is 16.6. The third kappa shape index (κ3) is 6.13. The van der Waals surface area contributed by atoms with E-state index < -0.39 is 0 Å². The monoisotopic (exact) mass is 483 g/mol. The van der Waals surface area contributed by atoms with Gasteiger partial charge in [-0.15, -0.1) is 0 Å². The van der Waals surface area contributed by atoms with Crippen molar-refractivity contribution in [2.24, 2.45) is 0 Å². The van der Waals surface area contributed by atoms with Gasteiger partial charge < -0.3 is 19.5 Å². The van der Waals surface area contributed by atoms with E-state index in [0.717, 1.165) is 34.4 Å². The normalized spacial score (nSPS) is 17.4. The van der Waals surface area contributed by atoms with E-state index in [-0.39, 0.29) is 37.2 Å². The van der Waals surface area contributed by atoms with E-state index in [2.05, 4.69) is 5.32 Å². The molecule has 5 rings (SSSR count). The van der Waals surface area contributed by atoms with E-state index in [1.165, 1.54) is 0 Å². The fourth-order valence-electron chi connectivity index (χ4n) is 4.62. The Hall–Kier alpha value is -4.06. The van der Waals surface area contributed by atoms with E-state index in [0.29, 0.717) is 24.3 Å². The van der Waals surface area contributed by atoms with Crippen LogP contribution in [-0.2, 0) is 14.3 Å². The number of carbonyl (C=O) groups is 2. The van der Waals surface area contributed by atoms with Crippen LogP contribution >= 0.6 is 0 Å². The average Bonchev–Trinajstić information content (AvgIpc) is 2.91. The molecular formula is C30H29NO5. The average molecular weight is 484 g/mol. The SMILES string of the molecule is O=C(COc1ccc2ccccc2c1)NC1CCC(OC(=O)COc2ccc3ccccc3c2)CC1. The predicted octanol–water partition coefficient (Wildman–Crippen LogP) is 5.42. The number of fused-ring (bicyclic) bond motifs is 2. The van der Waals surface area contributed by atoms with Gasteiger partial charge in [-0.25, -0.2) is 4.79 Å². The third-order valence-electron chi connectivity index (χ3n) is 6.51. The topological polar surface area (TPSA) is 73.9 Å². The molecule has 0 unspecified atom stereocenters. The molecule has 0 heterocycles. The number of amides is 1. The number of hydrogen-bond acceptors (Lipinski definition) is 5. The highest BCUT2D eigenvalue weighted by molar-refractivity contribution is 5.85. The van der Waals surface area contributed by atoms with Gasteiger partial charge in [-0.3, -0.25) is 4.79 Å². The Morgan fingerprint density at radius 3 is 1.78 bits per heavy atom. The lowest BCUT2D eigenvalue weighted by atomic mass is 9.93. The second-order valence-electron chi connectivity index (χ2n) is 9.13. The van der Waals surface area contributed by atoms with Crippen molar-refractivity contribution in [3.63, 3.8) is 0 Å². The number of nitrogens with one attached hydrogen (secondary N) is 1. The molecule has 36 heavy (non-hydrogen) atoms. The molecule has 184 valence electrons. The molecule has 6 nitrogen and oxygen atoms in total. The van der Waals surface area contributed by atoms with Gasteiger partial charge in [0.15, 0.2) is 13.2 Å². The first kappa shape index (κ1) is 23.7. The van der Waals surface area contributed by atoms with Crippen molar-refractivity contribution < 1.29 is 23.8 Å². The molecule has 0 saturated heterocycles. The van der Waals surface area contributed by atoms with Gasteiger partial charge in [0.25, 0.3) is 5.91 Å². The van der Waals surface area contributed by atoms with Gasteiger partial charge >= 0.3 is 5.97 Å². The summed E-state index contributed by atoms with van der Waals surface area (Å²) in [6.45, 7) is -0.152. The fraction of sp³-hybridized carbons (Fsp3) is 0.267. The summed E-state index contributed by atoms with van der Waals surface area (Å²) in [4.78, 5) is 24.6. The van der Waals surface area contributed by atoms with Gasteiger partial charge in [0.2, 0.25) is 0 Å². The maximum absolute atomic E-state index is 12.4. The predicted molar refractivity (Wildman–Crippen MR) is 139 cm³/mol. The van der Waals surface area contributed by atoms with E-state index in [9.17, 15) is 9.59 Å². The van der Waals surface area contributed by atoms with E-state index >= 15 is 0 Å². The van der Waals surface area contributed by atoms with Crippen molar-refractivity contribution in [1.29, 1.82) is 0 Å². The summed E-state index contributed by atoms with van der Waals surface area (Å²) in [5.74, 6) is 0.792. The van der Waals surface area contributed by atoms with Crippen molar-refractivity contribution >= 4 is 33.4 Å². The maximum atomic E-state index is 12.4. The molecule has 4 aromatic carbocycles. The van der Waals surface area contributed by atoms with Crippen LogP contribution in [0.2, 0.25) is 0 Å². The zero-order valence-electron chi connectivity index (χ0n) is 20.0. The minimum Gasteiger partial charge on any atom is -0.484 e. The summed E-state index contributed by atoms with van der Waals surface area (Å²) in [5, 5.41) is 7.42. The summed E-state index contributed by atoms with van der Waals surface area (Å²) in [5.41, 5.74) is 0. The summed E-state index contributed by atoms with van der Waals surface area (Å²) in [6.07, 6.45) is 2.77. The summed E-state index contributed by atoms with van der Waals surface area (Å²) in [7, 11) is 0. The quantitative estimate of drug-likeness (QED) is 0.339. The highest BCUT2D eigenvalue weighted by Crippen LogP contribution is 2.24. The molecule has 0 aromatic heterocycles. The number of carbonyl (C=O) groups excluding carboxylic acids is 2. The van der Waals surface area contributed by atoms with Crippen molar-refractivity contribution in [3.8, 4) is 11.5 Å². The first-order chi connectivity index (χ1) is 17.6. The number of esters is 1. The molecule has 0 atom stereocenters.